The van der Waals surface area contributed by atoms with E-state index >= 15 is 0 Å². The third-order valence-electron chi connectivity index (χ3n) is 3.91. The third kappa shape index (κ3) is 5.02. The molecule has 2 atom stereocenters. The zero-order valence-electron chi connectivity index (χ0n) is 13.5. The lowest BCUT2D eigenvalue weighted by Crippen LogP contribution is -2.24. The van der Waals surface area contributed by atoms with E-state index in [4.69, 9.17) is 14.2 Å². The lowest BCUT2D eigenvalue weighted by atomic mass is 10.0. The van der Waals surface area contributed by atoms with E-state index in [2.05, 4.69) is 6.92 Å². The summed E-state index contributed by atoms with van der Waals surface area (Å²) in [5.41, 5.74) is 0. The quantitative estimate of drug-likeness (QED) is 0.556. The molecule has 1 aromatic rings. The maximum Gasteiger partial charge on any atom is 0.314 e. The number of hydrogen-bond acceptors (Lipinski definition) is 4. The molecule has 0 spiro atoms. The molecule has 4 nitrogen and oxygen atoms in total. The zero-order valence-corrected chi connectivity index (χ0v) is 13.5. The molecule has 0 aromatic heterocycles. The van der Waals surface area contributed by atoms with Gasteiger partial charge >= 0.3 is 5.97 Å². The van der Waals surface area contributed by atoms with Crippen molar-refractivity contribution in [2.24, 2.45) is 5.92 Å². The molecule has 0 N–H and O–H groups in total. The fourth-order valence-electron chi connectivity index (χ4n) is 2.58. The number of carbonyl (C=O) groups excluding carboxylic acids is 1. The van der Waals surface area contributed by atoms with Crippen LogP contribution in [-0.4, -0.2) is 18.9 Å². The van der Waals surface area contributed by atoms with Gasteiger partial charge in [-0.05, 0) is 49.9 Å². The van der Waals surface area contributed by atoms with Crippen molar-refractivity contribution in [2.75, 3.05) is 6.61 Å². The Bertz CT molecular complexity index is 449. The molecule has 0 saturated carbocycles. The normalized spacial score (nSPS) is 19.5. The summed E-state index contributed by atoms with van der Waals surface area (Å²) in [4.78, 5) is 12.1. The van der Waals surface area contributed by atoms with Crippen LogP contribution in [0.2, 0.25) is 0 Å². The molecule has 1 heterocycles. The summed E-state index contributed by atoms with van der Waals surface area (Å²) in [5, 5.41) is 0. The summed E-state index contributed by atoms with van der Waals surface area (Å²) in [6.45, 7) is 4.86. The molecule has 22 heavy (non-hydrogen) atoms. The monoisotopic (exact) mass is 306 g/mol. The van der Waals surface area contributed by atoms with E-state index in [1.54, 1.807) is 12.1 Å². The highest BCUT2D eigenvalue weighted by atomic mass is 16.7. The van der Waals surface area contributed by atoms with Crippen molar-refractivity contribution >= 4 is 5.97 Å². The number of benzene rings is 1. The lowest BCUT2D eigenvalue weighted by molar-refractivity contribution is -0.139. The first-order valence-electron chi connectivity index (χ1n) is 8.33. The summed E-state index contributed by atoms with van der Waals surface area (Å²) in [5.74, 6) is 1.15. The third-order valence-corrected chi connectivity index (χ3v) is 3.91. The minimum Gasteiger partial charge on any atom is -0.465 e. The van der Waals surface area contributed by atoms with Gasteiger partial charge in [0.25, 0.3) is 0 Å². The molecular formula is C18H26O4. The maximum atomic E-state index is 12.1. The second-order valence-corrected chi connectivity index (χ2v) is 5.70. The van der Waals surface area contributed by atoms with Gasteiger partial charge in [-0.15, -0.1) is 0 Å². The fourth-order valence-corrected chi connectivity index (χ4v) is 2.58. The van der Waals surface area contributed by atoms with Crippen LogP contribution in [0.1, 0.15) is 52.4 Å². The van der Waals surface area contributed by atoms with E-state index in [1.807, 2.05) is 19.1 Å². The van der Waals surface area contributed by atoms with Crippen LogP contribution in [0.25, 0.3) is 0 Å². The SMILES string of the molecule is CCCC(CC)C(=O)Oc1ccc(OC2CCCCO2)cc1. The lowest BCUT2D eigenvalue weighted by Gasteiger charge is -2.23. The first-order chi connectivity index (χ1) is 10.7. The topological polar surface area (TPSA) is 44.8 Å². The van der Waals surface area contributed by atoms with Crippen molar-refractivity contribution in [1.29, 1.82) is 0 Å². The van der Waals surface area contributed by atoms with Crippen LogP contribution in [0.4, 0.5) is 0 Å². The number of hydrogen-bond donors (Lipinski definition) is 0. The van der Waals surface area contributed by atoms with Crippen LogP contribution < -0.4 is 9.47 Å². The highest BCUT2D eigenvalue weighted by Gasteiger charge is 2.18. The smallest absolute Gasteiger partial charge is 0.314 e. The van der Waals surface area contributed by atoms with Gasteiger partial charge in [0.2, 0.25) is 0 Å². The van der Waals surface area contributed by atoms with E-state index in [0.29, 0.717) is 5.75 Å². The summed E-state index contributed by atoms with van der Waals surface area (Å²) in [6, 6.07) is 7.19. The maximum absolute atomic E-state index is 12.1. The Balaban J connectivity index is 1.86. The molecule has 1 aliphatic rings. The predicted octanol–water partition coefficient (Wildman–Crippen LogP) is 4.32. The Kier molecular flexibility index (Phi) is 6.72. The Morgan fingerprint density at radius 3 is 2.55 bits per heavy atom. The van der Waals surface area contributed by atoms with E-state index in [0.717, 1.165) is 50.9 Å². The average molecular weight is 306 g/mol. The fraction of sp³-hybridized carbons (Fsp3) is 0.611. The molecule has 2 rings (SSSR count). The van der Waals surface area contributed by atoms with Crippen LogP contribution in [-0.2, 0) is 9.53 Å². The van der Waals surface area contributed by atoms with E-state index < -0.39 is 0 Å². The molecule has 2 unspecified atom stereocenters. The summed E-state index contributed by atoms with van der Waals surface area (Å²) in [6.07, 6.45) is 5.67. The summed E-state index contributed by atoms with van der Waals surface area (Å²) < 4.78 is 16.7. The van der Waals surface area contributed by atoms with Crippen molar-refractivity contribution in [2.45, 2.75) is 58.7 Å². The van der Waals surface area contributed by atoms with Crippen molar-refractivity contribution in [3.05, 3.63) is 24.3 Å². The number of esters is 1. The van der Waals surface area contributed by atoms with E-state index in [9.17, 15) is 4.79 Å². The molecular weight excluding hydrogens is 280 g/mol. The second-order valence-electron chi connectivity index (χ2n) is 5.70. The van der Waals surface area contributed by atoms with Crippen molar-refractivity contribution in [3.63, 3.8) is 0 Å². The van der Waals surface area contributed by atoms with Gasteiger partial charge in [-0.2, -0.15) is 0 Å². The molecule has 122 valence electrons. The number of ether oxygens (including phenoxy) is 3. The number of rotatable bonds is 7. The minimum atomic E-state index is -0.156. The van der Waals surface area contributed by atoms with Crippen molar-refractivity contribution in [3.8, 4) is 11.5 Å². The highest BCUT2D eigenvalue weighted by molar-refractivity contribution is 5.75. The van der Waals surface area contributed by atoms with Gasteiger partial charge in [0, 0.05) is 6.42 Å². The van der Waals surface area contributed by atoms with Gasteiger partial charge in [0.15, 0.2) is 6.29 Å². The number of carbonyl (C=O) groups is 1. The molecule has 1 aromatic carbocycles. The van der Waals surface area contributed by atoms with Crippen molar-refractivity contribution < 1.29 is 19.0 Å². The van der Waals surface area contributed by atoms with Crippen LogP contribution in [0, 0.1) is 5.92 Å². The van der Waals surface area contributed by atoms with Gasteiger partial charge in [-0.1, -0.05) is 20.3 Å². The van der Waals surface area contributed by atoms with E-state index in [1.165, 1.54) is 0 Å². The van der Waals surface area contributed by atoms with Crippen LogP contribution >= 0.6 is 0 Å². The van der Waals surface area contributed by atoms with Crippen LogP contribution in [0.3, 0.4) is 0 Å². The molecule has 0 aliphatic carbocycles. The van der Waals surface area contributed by atoms with Gasteiger partial charge in [-0.3, -0.25) is 4.79 Å². The van der Waals surface area contributed by atoms with Gasteiger partial charge in [-0.25, -0.2) is 0 Å². The molecule has 0 amide bonds. The summed E-state index contributed by atoms with van der Waals surface area (Å²) in [7, 11) is 0. The highest BCUT2D eigenvalue weighted by Crippen LogP contribution is 2.23. The Morgan fingerprint density at radius 1 is 1.23 bits per heavy atom. The summed E-state index contributed by atoms with van der Waals surface area (Å²) >= 11 is 0. The first kappa shape index (κ1) is 16.8. The van der Waals surface area contributed by atoms with E-state index in [-0.39, 0.29) is 18.2 Å². The van der Waals surface area contributed by atoms with Crippen LogP contribution in [0.5, 0.6) is 11.5 Å². The molecule has 1 fully saturated rings. The standard InChI is InChI=1S/C18H26O4/c1-3-7-14(4-2)18(19)22-16-11-9-15(10-12-16)21-17-8-5-6-13-20-17/h9-12,14,17H,3-8,13H2,1-2H3. The largest absolute Gasteiger partial charge is 0.465 e. The Labute approximate surface area is 132 Å². The molecule has 1 aliphatic heterocycles. The van der Waals surface area contributed by atoms with Crippen LogP contribution in [0.15, 0.2) is 24.3 Å². The molecule has 0 bridgehead atoms. The average Bonchev–Trinajstić information content (AvgIpc) is 2.55. The van der Waals surface area contributed by atoms with Gasteiger partial charge < -0.3 is 14.2 Å². The Hall–Kier alpha value is -1.55. The molecule has 0 radical (unpaired) electrons. The van der Waals surface area contributed by atoms with Gasteiger partial charge in [0.05, 0.1) is 12.5 Å². The molecule has 1 saturated heterocycles. The predicted molar refractivity (Wildman–Crippen MR) is 85.0 cm³/mol. The molecule has 4 heteroatoms. The first-order valence-corrected chi connectivity index (χ1v) is 8.33. The zero-order chi connectivity index (χ0) is 15.8. The second kappa shape index (κ2) is 8.79. The van der Waals surface area contributed by atoms with Crippen molar-refractivity contribution in [1.82, 2.24) is 0 Å². The Morgan fingerprint density at radius 2 is 1.95 bits per heavy atom. The van der Waals surface area contributed by atoms with Gasteiger partial charge in [0.1, 0.15) is 11.5 Å². The minimum absolute atomic E-state index is 0.0171.